The average Bonchev–Trinajstić information content (AvgIpc) is 3.37. The van der Waals surface area contributed by atoms with Gasteiger partial charge < -0.3 is 22.8 Å². The van der Waals surface area contributed by atoms with Gasteiger partial charge in [-0.15, -0.1) is 0 Å². The van der Waals surface area contributed by atoms with E-state index in [9.17, 15) is 8.42 Å². The van der Waals surface area contributed by atoms with Gasteiger partial charge in [0.1, 0.15) is 11.9 Å². The van der Waals surface area contributed by atoms with Gasteiger partial charge in [0.25, 0.3) is 0 Å². The summed E-state index contributed by atoms with van der Waals surface area (Å²) in [6.45, 7) is 42.7. The molecule has 294 valence electrons. The lowest BCUT2D eigenvalue weighted by Crippen LogP contribution is -2.61. The molecule has 1 saturated heterocycles. The second-order valence-electron chi connectivity index (χ2n) is 20.6. The van der Waals surface area contributed by atoms with Gasteiger partial charge in [0.2, 0.25) is 16.3 Å². The molecule has 0 unspecified atom stereocenters. The predicted molar refractivity (Wildman–Crippen MR) is 218 cm³/mol. The van der Waals surface area contributed by atoms with Gasteiger partial charge in [-0.1, -0.05) is 101 Å². The SMILES string of the molecule is Cc1ccc(S(=O)(=O)N2CC=C(O[C@@H]3C[C@@H](O[Si](C)(C)C(C)(C)C)[C@@H](O[Si](C)(C)C(C)(C)C)[C@@H](CO[Si](C)(C)C(C)(C)C)O3)[C@@H]2C(C)(C)C)cc1. The van der Waals surface area contributed by atoms with Crippen LogP contribution >= 0.6 is 0 Å². The van der Waals surface area contributed by atoms with Crippen molar-refractivity contribution in [1.29, 1.82) is 0 Å². The van der Waals surface area contributed by atoms with E-state index in [1.807, 2.05) is 25.1 Å². The van der Waals surface area contributed by atoms with E-state index in [1.54, 1.807) is 16.4 Å². The number of hydrogen-bond acceptors (Lipinski definition) is 7. The van der Waals surface area contributed by atoms with E-state index in [0.29, 0.717) is 18.8 Å². The van der Waals surface area contributed by atoms with Crippen molar-refractivity contribution in [1.82, 2.24) is 4.31 Å². The first-order valence-corrected chi connectivity index (χ1v) is 29.0. The van der Waals surface area contributed by atoms with Crippen molar-refractivity contribution in [3.8, 4) is 0 Å². The summed E-state index contributed by atoms with van der Waals surface area (Å²) in [5, 5.41) is -0.0223. The zero-order valence-electron chi connectivity index (χ0n) is 35.6. The number of nitrogens with zero attached hydrogens (tertiary/aromatic N) is 1. The Labute approximate surface area is 315 Å². The molecular weight excluding hydrogens is 711 g/mol. The van der Waals surface area contributed by atoms with Crippen LogP contribution in [0.25, 0.3) is 0 Å². The van der Waals surface area contributed by atoms with Crippen LogP contribution in [0.5, 0.6) is 0 Å². The molecule has 0 saturated carbocycles. The van der Waals surface area contributed by atoms with E-state index in [4.69, 9.17) is 22.8 Å². The lowest BCUT2D eigenvalue weighted by molar-refractivity contribution is -0.241. The summed E-state index contributed by atoms with van der Waals surface area (Å²) in [6.07, 6.45) is 0.609. The number of hydrogen-bond donors (Lipinski definition) is 0. The highest BCUT2D eigenvalue weighted by Gasteiger charge is 2.52. The van der Waals surface area contributed by atoms with Gasteiger partial charge in [-0.05, 0) is 84.9 Å². The molecule has 3 rings (SSSR count). The van der Waals surface area contributed by atoms with Crippen LogP contribution in [0.4, 0.5) is 0 Å². The fourth-order valence-electron chi connectivity index (χ4n) is 5.69. The van der Waals surface area contributed by atoms with Crippen LogP contribution in [0.1, 0.15) is 95.1 Å². The molecule has 0 spiro atoms. The number of sulfonamides is 1. The zero-order chi connectivity index (χ0) is 39.4. The molecule has 2 aliphatic rings. The Morgan fingerprint density at radius 3 is 1.73 bits per heavy atom. The lowest BCUT2D eigenvalue weighted by Gasteiger charge is -2.50. The minimum absolute atomic E-state index is 0.0192. The Morgan fingerprint density at radius 2 is 1.25 bits per heavy atom. The highest BCUT2D eigenvalue weighted by Crippen LogP contribution is 2.45. The normalized spacial score (nSPS) is 25.2. The topological polar surface area (TPSA) is 83.5 Å². The Balaban J connectivity index is 2.07. The summed E-state index contributed by atoms with van der Waals surface area (Å²) in [5.74, 6) is 0.613. The summed E-state index contributed by atoms with van der Waals surface area (Å²) in [6, 6.07) is 6.53. The zero-order valence-corrected chi connectivity index (χ0v) is 39.4. The molecule has 5 atom stereocenters. The molecule has 0 bridgehead atoms. The summed E-state index contributed by atoms with van der Waals surface area (Å²) >= 11 is 0. The number of rotatable bonds is 11. The molecule has 0 N–H and O–H groups in total. The van der Waals surface area contributed by atoms with Gasteiger partial charge in [-0.2, -0.15) is 4.31 Å². The van der Waals surface area contributed by atoms with Crippen LogP contribution in [0.15, 0.2) is 41.0 Å². The maximum absolute atomic E-state index is 14.1. The Hall–Kier alpha value is -0.839. The van der Waals surface area contributed by atoms with Crippen LogP contribution in [0.2, 0.25) is 54.4 Å². The maximum atomic E-state index is 14.1. The van der Waals surface area contributed by atoms with Crippen molar-refractivity contribution in [2.24, 2.45) is 5.41 Å². The highest BCUT2D eigenvalue weighted by atomic mass is 32.2. The largest absolute Gasteiger partial charge is 0.468 e. The predicted octanol–water partition coefficient (Wildman–Crippen LogP) is 10.2. The molecule has 12 heteroatoms. The van der Waals surface area contributed by atoms with Crippen LogP contribution in [0, 0.1) is 12.3 Å². The third-order valence-electron chi connectivity index (χ3n) is 12.1. The second kappa shape index (κ2) is 15.0. The Bertz CT molecular complexity index is 1480. The molecule has 2 heterocycles. The number of benzene rings is 1. The van der Waals surface area contributed by atoms with Gasteiger partial charge in [0, 0.05) is 13.0 Å². The maximum Gasteiger partial charge on any atom is 0.244 e. The molecular formula is C39H73NO7SSi3. The summed E-state index contributed by atoms with van der Waals surface area (Å²) in [5.41, 5.74) is 0.557. The Kier molecular flexibility index (Phi) is 13.1. The number of ether oxygens (including phenoxy) is 2. The van der Waals surface area contributed by atoms with E-state index in [-0.39, 0.29) is 38.8 Å². The van der Waals surface area contributed by atoms with Crippen LogP contribution in [-0.2, 0) is 32.8 Å². The molecule has 1 fully saturated rings. The first-order chi connectivity index (χ1) is 22.7. The molecule has 2 aliphatic heterocycles. The van der Waals surface area contributed by atoms with E-state index in [0.717, 1.165) is 5.56 Å². The van der Waals surface area contributed by atoms with E-state index >= 15 is 0 Å². The average molecular weight is 784 g/mol. The molecule has 0 aromatic heterocycles. The van der Waals surface area contributed by atoms with E-state index in [2.05, 4.69) is 122 Å². The van der Waals surface area contributed by atoms with Crippen molar-refractivity contribution in [2.45, 2.75) is 186 Å². The third kappa shape index (κ3) is 10.3. The van der Waals surface area contributed by atoms with Crippen LogP contribution < -0.4 is 0 Å². The smallest absolute Gasteiger partial charge is 0.244 e. The molecule has 1 aromatic carbocycles. The Morgan fingerprint density at radius 1 is 0.765 bits per heavy atom. The first kappa shape index (κ1) is 44.6. The number of aryl methyl sites for hydroxylation is 1. The summed E-state index contributed by atoms with van der Waals surface area (Å²) < 4.78 is 64.9. The molecule has 0 radical (unpaired) electrons. The van der Waals surface area contributed by atoms with Crippen LogP contribution in [0.3, 0.4) is 0 Å². The van der Waals surface area contributed by atoms with Crippen molar-refractivity contribution in [3.05, 3.63) is 41.7 Å². The molecule has 0 amide bonds. The monoisotopic (exact) mass is 783 g/mol. The minimum Gasteiger partial charge on any atom is -0.468 e. The standard InChI is InChI=1S/C39H73NO7SSi3/c1-28-20-22-29(23-21-28)48(41,42)40-25-24-30(35(40)36(2,3)4)44-33-26-31(46-50(16,17)38(8,9)10)34(47-51(18,19)39(11,12)13)32(45-33)27-43-49(14,15)37(5,6)7/h20-24,31-35H,25-27H2,1-19H3/t31-,32-,33+,34-,35-/m1/s1. The lowest BCUT2D eigenvalue weighted by atomic mass is 9.86. The van der Waals surface area contributed by atoms with E-state index < -0.39 is 58.8 Å². The first-order valence-electron chi connectivity index (χ1n) is 18.8. The summed E-state index contributed by atoms with van der Waals surface area (Å²) in [4.78, 5) is 0.280. The molecule has 1 aromatic rings. The second-order valence-corrected chi connectivity index (χ2v) is 36.8. The molecule has 51 heavy (non-hydrogen) atoms. The van der Waals surface area contributed by atoms with Gasteiger partial charge in [0.05, 0.1) is 29.8 Å². The van der Waals surface area contributed by atoms with E-state index in [1.165, 1.54) is 0 Å². The van der Waals surface area contributed by atoms with Crippen molar-refractivity contribution >= 4 is 35.0 Å². The van der Waals surface area contributed by atoms with Gasteiger partial charge >= 0.3 is 0 Å². The quantitative estimate of drug-likeness (QED) is 0.207. The summed E-state index contributed by atoms with van der Waals surface area (Å²) in [7, 11) is -10.5. The van der Waals surface area contributed by atoms with Gasteiger partial charge in [-0.3, -0.25) is 0 Å². The fourth-order valence-corrected chi connectivity index (χ4v) is 11.1. The molecule has 0 aliphatic carbocycles. The highest BCUT2D eigenvalue weighted by molar-refractivity contribution is 7.89. The van der Waals surface area contributed by atoms with Crippen molar-refractivity contribution in [3.63, 3.8) is 0 Å². The van der Waals surface area contributed by atoms with Gasteiger partial charge in [0.15, 0.2) is 25.0 Å². The van der Waals surface area contributed by atoms with Gasteiger partial charge in [-0.25, -0.2) is 8.42 Å². The van der Waals surface area contributed by atoms with Crippen LogP contribution in [-0.4, -0.2) is 81.5 Å². The van der Waals surface area contributed by atoms with Crippen molar-refractivity contribution < 1.29 is 31.2 Å². The fraction of sp³-hybridized carbons (Fsp3) is 0.795. The van der Waals surface area contributed by atoms with Crippen molar-refractivity contribution in [2.75, 3.05) is 13.2 Å². The third-order valence-corrected chi connectivity index (χ3v) is 27.5. The minimum atomic E-state index is -3.80. The molecule has 8 nitrogen and oxygen atoms in total.